The fourth-order valence-corrected chi connectivity index (χ4v) is 2.80. The van der Waals surface area contributed by atoms with Gasteiger partial charge in [-0.2, -0.15) is 0 Å². The van der Waals surface area contributed by atoms with E-state index in [1.807, 2.05) is 45.9 Å². The summed E-state index contributed by atoms with van der Waals surface area (Å²) in [6, 6.07) is 5.39. The summed E-state index contributed by atoms with van der Waals surface area (Å²) >= 11 is 1.51. The number of ether oxygens (including phenoxy) is 1. The zero-order valence-electron chi connectivity index (χ0n) is 13.0. The van der Waals surface area contributed by atoms with Gasteiger partial charge in [-0.05, 0) is 45.9 Å². The highest BCUT2D eigenvalue weighted by Gasteiger charge is 2.20. The predicted molar refractivity (Wildman–Crippen MR) is 87.2 cm³/mol. The van der Waals surface area contributed by atoms with E-state index >= 15 is 0 Å². The number of anilines is 1. The Balaban J connectivity index is 2.10. The van der Waals surface area contributed by atoms with E-state index in [0.717, 1.165) is 21.1 Å². The first-order valence-electron chi connectivity index (χ1n) is 6.81. The van der Waals surface area contributed by atoms with Crippen LogP contribution in [-0.2, 0) is 4.79 Å². The van der Waals surface area contributed by atoms with E-state index in [-0.39, 0.29) is 17.5 Å². The van der Waals surface area contributed by atoms with Crippen molar-refractivity contribution < 1.29 is 9.53 Å². The number of benzene rings is 1. The van der Waals surface area contributed by atoms with Crippen molar-refractivity contribution in [3.8, 4) is 5.75 Å². The Kier molecular flexibility index (Phi) is 4.37. The Hall–Kier alpha value is -1.82. The van der Waals surface area contributed by atoms with E-state index in [1.165, 1.54) is 11.3 Å². The van der Waals surface area contributed by atoms with E-state index in [2.05, 4.69) is 15.6 Å². The maximum atomic E-state index is 12.1. The van der Waals surface area contributed by atoms with Crippen LogP contribution in [0.25, 0.3) is 10.2 Å². The molecule has 2 aromatic rings. The van der Waals surface area contributed by atoms with Crippen molar-refractivity contribution in [2.24, 2.45) is 0 Å². The van der Waals surface area contributed by atoms with Crippen molar-refractivity contribution in [3.05, 3.63) is 18.2 Å². The van der Waals surface area contributed by atoms with Crippen LogP contribution in [0.5, 0.6) is 5.75 Å². The number of carbonyl (C=O) groups is 1. The number of nitrogens with zero attached hydrogens (tertiary/aromatic N) is 1. The minimum Gasteiger partial charge on any atom is -0.497 e. The van der Waals surface area contributed by atoms with Gasteiger partial charge in [0.1, 0.15) is 11.8 Å². The van der Waals surface area contributed by atoms with Crippen LogP contribution in [0.4, 0.5) is 5.13 Å². The number of nitrogens with one attached hydrogen (secondary N) is 2. The van der Waals surface area contributed by atoms with Crippen LogP contribution in [0.15, 0.2) is 18.2 Å². The molecule has 0 aliphatic rings. The quantitative estimate of drug-likeness (QED) is 0.911. The Morgan fingerprint density at radius 2 is 2.10 bits per heavy atom. The number of hydrogen-bond acceptors (Lipinski definition) is 5. The molecule has 1 aromatic heterocycles. The van der Waals surface area contributed by atoms with Crippen molar-refractivity contribution in [1.29, 1.82) is 0 Å². The van der Waals surface area contributed by atoms with Gasteiger partial charge in [0.05, 0.1) is 17.3 Å². The van der Waals surface area contributed by atoms with Crippen molar-refractivity contribution in [3.63, 3.8) is 0 Å². The standard InChI is InChI=1S/C15H21N3O2S/c1-9(13(19)18-15(2,3)4)16-14-17-11-7-6-10(20-5)8-12(11)21-14/h6-9H,1-5H3,(H,16,17)(H,18,19). The summed E-state index contributed by atoms with van der Waals surface area (Å²) in [6.45, 7) is 7.71. The summed E-state index contributed by atoms with van der Waals surface area (Å²) in [7, 11) is 1.64. The molecule has 0 aliphatic carbocycles. The molecule has 1 aromatic carbocycles. The molecule has 21 heavy (non-hydrogen) atoms. The number of carbonyl (C=O) groups excluding carboxylic acids is 1. The second-order valence-electron chi connectivity index (χ2n) is 5.96. The first kappa shape index (κ1) is 15.6. The maximum Gasteiger partial charge on any atom is 0.242 e. The molecule has 1 amide bonds. The van der Waals surface area contributed by atoms with Gasteiger partial charge < -0.3 is 15.4 Å². The zero-order valence-corrected chi connectivity index (χ0v) is 13.8. The molecule has 1 unspecified atom stereocenters. The molecule has 1 atom stereocenters. The number of thiazole rings is 1. The molecule has 1 heterocycles. The monoisotopic (exact) mass is 307 g/mol. The average Bonchev–Trinajstić information content (AvgIpc) is 2.77. The third-order valence-electron chi connectivity index (χ3n) is 2.83. The lowest BCUT2D eigenvalue weighted by Crippen LogP contribution is -2.47. The van der Waals surface area contributed by atoms with Crippen LogP contribution in [0.1, 0.15) is 27.7 Å². The highest BCUT2D eigenvalue weighted by Crippen LogP contribution is 2.29. The summed E-state index contributed by atoms with van der Waals surface area (Å²) in [6.07, 6.45) is 0. The van der Waals surface area contributed by atoms with Crippen LogP contribution in [0, 0.1) is 0 Å². The second kappa shape index (κ2) is 5.89. The summed E-state index contributed by atoms with van der Waals surface area (Å²) in [4.78, 5) is 16.5. The molecule has 2 rings (SSSR count). The zero-order chi connectivity index (χ0) is 15.6. The van der Waals surface area contributed by atoms with E-state index in [9.17, 15) is 4.79 Å². The van der Waals surface area contributed by atoms with Crippen LogP contribution in [-0.4, -0.2) is 29.6 Å². The fraction of sp³-hybridized carbons (Fsp3) is 0.467. The maximum absolute atomic E-state index is 12.1. The topological polar surface area (TPSA) is 63.2 Å². The third kappa shape index (κ3) is 4.07. The lowest BCUT2D eigenvalue weighted by atomic mass is 10.1. The molecular formula is C15H21N3O2S. The van der Waals surface area contributed by atoms with Gasteiger partial charge >= 0.3 is 0 Å². The van der Waals surface area contributed by atoms with Gasteiger partial charge in [0.2, 0.25) is 5.91 Å². The molecule has 0 fully saturated rings. The van der Waals surface area contributed by atoms with Crippen molar-refractivity contribution in [2.45, 2.75) is 39.3 Å². The smallest absolute Gasteiger partial charge is 0.242 e. The Morgan fingerprint density at radius 1 is 1.38 bits per heavy atom. The van der Waals surface area contributed by atoms with E-state index in [0.29, 0.717) is 0 Å². The van der Waals surface area contributed by atoms with Crippen molar-refractivity contribution in [2.75, 3.05) is 12.4 Å². The number of hydrogen-bond donors (Lipinski definition) is 2. The van der Waals surface area contributed by atoms with Gasteiger partial charge in [-0.3, -0.25) is 4.79 Å². The molecule has 0 spiro atoms. The van der Waals surface area contributed by atoms with E-state index in [4.69, 9.17) is 4.74 Å². The molecule has 0 bridgehead atoms. The fourth-order valence-electron chi connectivity index (χ4n) is 1.82. The lowest BCUT2D eigenvalue weighted by molar-refractivity contribution is -0.122. The SMILES string of the molecule is COc1ccc2nc(NC(C)C(=O)NC(C)(C)C)sc2c1. The number of fused-ring (bicyclic) bond motifs is 1. The molecule has 5 nitrogen and oxygen atoms in total. The average molecular weight is 307 g/mol. The van der Waals surface area contributed by atoms with Crippen LogP contribution < -0.4 is 15.4 Å². The van der Waals surface area contributed by atoms with E-state index < -0.39 is 0 Å². The lowest BCUT2D eigenvalue weighted by Gasteiger charge is -2.23. The summed E-state index contributed by atoms with van der Waals surface area (Å²) in [5.74, 6) is 0.760. The van der Waals surface area contributed by atoms with Crippen LogP contribution >= 0.6 is 11.3 Å². The molecule has 0 saturated heterocycles. The minimum absolute atomic E-state index is 0.0423. The van der Waals surface area contributed by atoms with Crippen LogP contribution in [0.3, 0.4) is 0 Å². The van der Waals surface area contributed by atoms with Gasteiger partial charge in [-0.25, -0.2) is 4.98 Å². The molecule has 0 radical (unpaired) electrons. The molecule has 114 valence electrons. The minimum atomic E-state index is -0.341. The van der Waals surface area contributed by atoms with Gasteiger partial charge in [-0.1, -0.05) is 11.3 Å². The number of methoxy groups -OCH3 is 1. The predicted octanol–water partition coefficient (Wildman–Crippen LogP) is 3.02. The molecular weight excluding hydrogens is 286 g/mol. The third-order valence-corrected chi connectivity index (χ3v) is 3.78. The summed E-state index contributed by atoms with van der Waals surface area (Å²) in [5, 5.41) is 6.82. The summed E-state index contributed by atoms with van der Waals surface area (Å²) in [5.41, 5.74) is 0.653. The number of rotatable bonds is 4. The molecule has 6 heteroatoms. The Morgan fingerprint density at radius 3 is 2.71 bits per heavy atom. The van der Waals surface area contributed by atoms with Gasteiger partial charge in [0.25, 0.3) is 0 Å². The molecule has 0 saturated carbocycles. The van der Waals surface area contributed by atoms with Crippen LogP contribution in [0.2, 0.25) is 0 Å². The van der Waals surface area contributed by atoms with Crippen molar-refractivity contribution in [1.82, 2.24) is 10.3 Å². The normalized spacial score (nSPS) is 13.0. The van der Waals surface area contributed by atoms with Gasteiger partial charge in [-0.15, -0.1) is 0 Å². The van der Waals surface area contributed by atoms with Gasteiger partial charge in [0.15, 0.2) is 5.13 Å². The van der Waals surface area contributed by atoms with Gasteiger partial charge in [0, 0.05) is 5.54 Å². The first-order chi connectivity index (χ1) is 9.78. The number of amides is 1. The summed E-state index contributed by atoms with van der Waals surface area (Å²) < 4.78 is 6.23. The van der Waals surface area contributed by atoms with Crippen molar-refractivity contribution >= 4 is 32.6 Å². The molecule has 0 aliphatic heterocycles. The highest BCUT2D eigenvalue weighted by molar-refractivity contribution is 7.22. The Bertz CT molecular complexity index is 646. The molecule has 2 N–H and O–H groups in total. The number of aromatic nitrogens is 1. The Labute approximate surface area is 128 Å². The first-order valence-corrected chi connectivity index (χ1v) is 7.63. The van der Waals surface area contributed by atoms with E-state index in [1.54, 1.807) is 7.11 Å². The largest absolute Gasteiger partial charge is 0.497 e. The highest BCUT2D eigenvalue weighted by atomic mass is 32.1. The second-order valence-corrected chi connectivity index (χ2v) is 6.99.